The summed E-state index contributed by atoms with van der Waals surface area (Å²) in [6, 6.07) is 4.40. The second kappa shape index (κ2) is 5.80. The van der Waals surface area contributed by atoms with Gasteiger partial charge >= 0.3 is 0 Å². The zero-order chi connectivity index (χ0) is 11.4. The topological polar surface area (TPSA) is 29.3 Å². The van der Waals surface area contributed by atoms with Crippen LogP contribution in [0.5, 0.6) is 0 Å². The largest absolute Gasteiger partial charge is 0.326 e. The molecule has 90 valence electrons. The van der Waals surface area contributed by atoms with Gasteiger partial charge in [-0.1, -0.05) is 13.3 Å². The SMILES string of the molecule is CCCC1CCN(Cc2ccc(CN)s2)C1. The predicted octanol–water partition coefficient (Wildman–Crippen LogP) is 2.83. The molecule has 16 heavy (non-hydrogen) atoms. The summed E-state index contributed by atoms with van der Waals surface area (Å²) in [5.74, 6) is 0.943. The van der Waals surface area contributed by atoms with E-state index < -0.39 is 0 Å². The normalized spacial score (nSPS) is 21.8. The zero-order valence-corrected chi connectivity index (χ0v) is 10.9. The summed E-state index contributed by atoms with van der Waals surface area (Å²) in [6.07, 6.45) is 4.12. The van der Waals surface area contributed by atoms with Crippen molar-refractivity contribution in [3.05, 3.63) is 21.9 Å². The highest BCUT2D eigenvalue weighted by Gasteiger charge is 2.21. The third-order valence-corrected chi connectivity index (χ3v) is 4.46. The second-order valence-corrected chi connectivity index (χ2v) is 6.00. The molecule has 0 saturated carbocycles. The van der Waals surface area contributed by atoms with Gasteiger partial charge in [0.2, 0.25) is 0 Å². The fourth-order valence-electron chi connectivity index (χ4n) is 2.54. The number of hydrogen-bond acceptors (Lipinski definition) is 3. The van der Waals surface area contributed by atoms with Crippen LogP contribution >= 0.6 is 11.3 Å². The first-order valence-electron chi connectivity index (χ1n) is 6.31. The zero-order valence-electron chi connectivity index (χ0n) is 10.1. The highest BCUT2D eigenvalue weighted by atomic mass is 32.1. The Morgan fingerprint density at radius 1 is 1.44 bits per heavy atom. The molecule has 2 nitrogen and oxygen atoms in total. The van der Waals surface area contributed by atoms with E-state index in [9.17, 15) is 0 Å². The molecule has 1 aromatic heterocycles. The molecule has 3 heteroatoms. The first-order chi connectivity index (χ1) is 7.81. The van der Waals surface area contributed by atoms with E-state index in [0.717, 1.165) is 12.5 Å². The molecule has 1 aliphatic heterocycles. The summed E-state index contributed by atoms with van der Waals surface area (Å²) in [5, 5.41) is 0. The van der Waals surface area contributed by atoms with Crippen LogP contribution in [0.15, 0.2) is 12.1 Å². The van der Waals surface area contributed by atoms with Crippen molar-refractivity contribution < 1.29 is 0 Å². The summed E-state index contributed by atoms with van der Waals surface area (Å²) in [4.78, 5) is 5.36. The van der Waals surface area contributed by atoms with Gasteiger partial charge in [-0.3, -0.25) is 4.90 Å². The highest BCUT2D eigenvalue weighted by molar-refractivity contribution is 7.11. The van der Waals surface area contributed by atoms with E-state index in [1.807, 2.05) is 11.3 Å². The number of thiophene rings is 1. The van der Waals surface area contributed by atoms with Crippen molar-refractivity contribution in [2.45, 2.75) is 39.3 Å². The van der Waals surface area contributed by atoms with Crippen LogP contribution in [0, 0.1) is 5.92 Å². The van der Waals surface area contributed by atoms with Crippen molar-refractivity contribution >= 4 is 11.3 Å². The van der Waals surface area contributed by atoms with E-state index in [4.69, 9.17) is 5.73 Å². The van der Waals surface area contributed by atoms with Crippen LogP contribution in [0.25, 0.3) is 0 Å². The van der Waals surface area contributed by atoms with Crippen LogP contribution < -0.4 is 5.73 Å². The molecule has 2 rings (SSSR count). The molecule has 1 atom stereocenters. The maximum atomic E-state index is 5.63. The van der Waals surface area contributed by atoms with Gasteiger partial charge in [-0.2, -0.15) is 0 Å². The van der Waals surface area contributed by atoms with Crippen molar-refractivity contribution in [2.24, 2.45) is 11.7 Å². The van der Waals surface area contributed by atoms with Crippen LogP contribution in [0.3, 0.4) is 0 Å². The van der Waals surface area contributed by atoms with E-state index in [2.05, 4.69) is 24.0 Å². The van der Waals surface area contributed by atoms with Gasteiger partial charge in [-0.05, 0) is 37.4 Å². The predicted molar refractivity (Wildman–Crippen MR) is 70.5 cm³/mol. The standard InChI is InChI=1S/C13H22N2S/c1-2-3-11-6-7-15(9-11)10-13-5-4-12(8-14)16-13/h4-5,11H,2-3,6-10,14H2,1H3. The monoisotopic (exact) mass is 238 g/mol. The lowest BCUT2D eigenvalue weighted by atomic mass is 10.0. The Balaban J connectivity index is 1.82. The first-order valence-corrected chi connectivity index (χ1v) is 7.13. The third kappa shape index (κ3) is 3.06. The smallest absolute Gasteiger partial charge is 0.0328 e. The maximum absolute atomic E-state index is 5.63. The molecule has 0 spiro atoms. The summed E-state index contributed by atoms with van der Waals surface area (Å²) < 4.78 is 0. The van der Waals surface area contributed by atoms with Gasteiger partial charge < -0.3 is 5.73 Å². The fourth-order valence-corrected chi connectivity index (χ4v) is 3.48. The summed E-state index contributed by atoms with van der Waals surface area (Å²) in [6.45, 7) is 6.67. The first kappa shape index (κ1) is 12.1. The maximum Gasteiger partial charge on any atom is 0.0328 e. The number of likely N-dealkylation sites (tertiary alicyclic amines) is 1. The van der Waals surface area contributed by atoms with Gasteiger partial charge in [-0.15, -0.1) is 11.3 Å². The summed E-state index contributed by atoms with van der Waals surface area (Å²) in [7, 11) is 0. The average molecular weight is 238 g/mol. The molecular formula is C13H22N2S. The molecule has 1 aromatic rings. The molecule has 0 bridgehead atoms. The summed E-state index contributed by atoms with van der Waals surface area (Å²) in [5.41, 5.74) is 5.63. The Morgan fingerprint density at radius 2 is 2.25 bits per heavy atom. The molecule has 1 fully saturated rings. The minimum Gasteiger partial charge on any atom is -0.326 e. The van der Waals surface area contributed by atoms with E-state index in [1.165, 1.54) is 42.1 Å². The molecule has 1 unspecified atom stereocenters. The van der Waals surface area contributed by atoms with Crippen molar-refractivity contribution in [3.8, 4) is 0 Å². The van der Waals surface area contributed by atoms with Crippen molar-refractivity contribution in [1.82, 2.24) is 4.90 Å². The van der Waals surface area contributed by atoms with Crippen molar-refractivity contribution in [1.29, 1.82) is 0 Å². The average Bonchev–Trinajstić information content (AvgIpc) is 2.89. The number of nitrogens with zero attached hydrogens (tertiary/aromatic N) is 1. The lowest BCUT2D eigenvalue weighted by Crippen LogP contribution is -2.19. The highest BCUT2D eigenvalue weighted by Crippen LogP contribution is 2.24. The summed E-state index contributed by atoms with van der Waals surface area (Å²) >= 11 is 1.87. The third-order valence-electron chi connectivity index (χ3n) is 3.36. The number of nitrogens with two attached hydrogens (primary N) is 1. The van der Waals surface area contributed by atoms with Crippen molar-refractivity contribution in [3.63, 3.8) is 0 Å². The van der Waals surface area contributed by atoms with Gasteiger partial charge in [0.25, 0.3) is 0 Å². The van der Waals surface area contributed by atoms with E-state index in [1.54, 1.807) is 0 Å². The lowest BCUT2D eigenvalue weighted by molar-refractivity contribution is 0.315. The van der Waals surface area contributed by atoms with Gasteiger partial charge in [0.15, 0.2) is 0 Å². The Hall–Kier alpha value is -0.380. The van der Waals surface area contributed by atoms with Gasteiger partial charge in [0, 0.05) is 29.4 Å². The van der Waals surface area contributed by atoms with E-state index >= 15 is 0 Å². The quantitative estimate of drug-likeness (QED) is 0.854. The van der Waals surface area contributed by atoms with Gasteiger partial charge in [0.1, 0.15) is 0 Å². The minimum atomic E-state index is 0.684. The fraction of sp³-hybridized carbons (Fsp3) is 0.692. The molecular weight excluding hydrogens is 216 g/mol. The van der Waals surface area contributed by atoms with E-state index in [0.29, 0.717) is 6.54 Å². The molecule has 0 radical (unpaired) electrons. The molecule has 0 amide bonds. The Bertz CT molecular complexity index is 321. The molecule has 2 N–H and O–H groups in total. The Labute approximate surface area is 102 Å². The molecule has 2 heterocycles. The number of hydrogen-bond donors (Lipinski definition) is 1. The second-order valence-electron chi connectivity index (χ2n) is 4.75. The number of rotatable bonds is 5. The van der Waals surface area contributed by atoms with Crippen LogP contribution in [-0.4, -0.2) is 18.0 Å². The van der Waals surface area contributed by atoms with Crippen LogP contribution in [-0.2, 0) is 13.1 Å². The molecule has 1 aliphatic rings. The van der Waals surface area contributed by atoms with Crippen LogP contribution in [0.1, 0.15) is 35.9 Å². The molecule has 0 aliphatic carbocycles. The van der Waals surface area contributed by atoms with Crippen LogP contribution in [0.2, 0.25) is 0 Å². The van der Waals surface area contributed by atoms with Gasteiger partial charge in [0.05, 0.1) is 0 Å². The molecule has 1 saturated heterocycles. The molecule has 0 aromatic carbocycles. The van der Waals surface area contributed by atoms with E-state index in [-0.39, 0.29) is 0 Å². The van der Waals surface area contributed by atoms with Crippen molar-refractivity contribution in [2.75, 3.05) is 13.1 Å². The Morgan fingerprint density at radius 3 is 2.94 bits per heavy atom. The lowest BCUT2D eigenvalue weighted by Gasteiger charge is -2.14. The van der Waals surface area contributed by atoms with Crippen LogP contribution in [0.4, 0.5) is 0 Å². The Kier molecular flexibility index (Phi) is 4.38. The van der Waals surface area contributed by atoms with Gasteiger partial charge in [-0.25, -0.2) is 0 Å². The minimum absolute atomic E-state index is 0.684.